The topological polar surface area (TPSA) is 48.6 Å². The molecule has 6 aromatic rings. The van der Waals surface area contributed by atoms with Gasteiger partial charge in [-0.05, 0) is 63.8 Å². The number of hydrogen-bond donors (Lipinski definition) is 0. The first-order valence-electron chi connectivity index (χ1n) is 17.3. The molecule has 256 valence electrons. The van der Waals surface area contributed by atoms with E-state index in [1.54, 1.807) is 0 Å². The Hall–Kier alpha value is -4.21. The van der Waals surface area contributed by atoms with Crippen LogP contribution in [0.4, 0.5) is 0 Å². The van der Waals surface area contributed by atoms with Crippen molar-refractivity contribution in [3.8, 4) is 17.2 Å². The number of nitrogens with zero attached hydrogens (tertiary/aromatic N) is 3. The molecular formula is C44H43N3O2Pt. The van der Waals surface area contributed by atoms with Gasteiger partial charge in [0.2, 0.25) is 0 Å². The second kappa shape index (κ2) is 12.2. The van der Waals surface area contributed by atoms with Crippen molar-refractivity contribution in [2.75, 3.05) is 0 Å². The van der Waals surface area contributed by atoms with E-state index >= 15 is 0 Å². The quantitative estimate of drug-likeness (QED) is 0.166. The van der Waals surface area contributed by atoms with Crippen molar-refractivity contribution in [2.45, 2.75) is 91.7 Å². The van der Waals surface area contributed by atoms with Crippen LogP contribution in [0.5, 0.6) is 11.5 Å². The molecule has 2 aromatic heterocycles. The van der Waals surface area contributed by atoms with Gasteiger partial charge >= 0.3 is 21.1 Å². The summed E-state index contributed by atoms with van der Waals surface area (Å²) in [5.41, 5.74) is 12.3. The van der Waals surface area contributed by atoms with Crippen molar-refractivity contribution in [3.05, 3.63) is 130 Å². The molecule has 50 heavy (non-hydrogen) atoms. The summed E-state index contributed by atoms with van der Waals surface area (Å²) in [5, 5.41) is 2.30. The Morgan fingerprint density at radius 1 is 0.840 bits per heavy atom. The molecule has 0 bridgehead atoms. The monoisotopic (exact) mass is 840 g/mol. The van der Waals surface area contributed by atoms with Crippen LogP contribution in [0.2, 0.25) is 0 Å². The molecule has 8 rings (SSSR count). The van der Waals surface area contributed by atoms with E-state index in [0.29, 0.717) is 17.4 Å². The first-order chi connectivity index (χ1) is 23.3. The average molecular weight is 841 g/mol. The summed E-state index contributed by atoms with van der Waals surface area (Å²) in [4.78, 5) is 9.96. The van der Waals surface area contributed by atoms with Crippen molar-refractivity contribution in [1.82, 2.24) is 9.55 Å². The number of aliphatic imine (C=N–C) groups is 1. The van der Waals surface area contributed by atoms with Crippen LogP contribution in [0.3, 0.4) is 0 Å². The van der Waals surface area contributed by atoms with Crippen LogP contribution in [0.1, 0.15) is 92.2 Å². The Balaban J connectivity index is 0.00000392. The van der Waals surface area contributed by atoms with Crippen molar-refractivity contribution < 1.29 is 30.5 Å². The van der Waals surface area contributed by atoms with Crippen LogP contribution >= 0.6 is 0 Å². The van der Waals surface area contributed by atoms with Gasteiger partial charge < -0.3 is 14.0 Å². The Labute approximate surface area is 310 Å². The van der Waals surface area contributed by atoms with Gasteiger partial charge in [0.15, 0.2) is 0 Å². The number of ether oxygens (including phenoxy) is 2. The fourth-order valence-electron chi connectivity index (χ4n) is 7.61. The Kier molecular flexibility index (Phi) is 8.38. The minimum Gasteiger partial charge on any atom is -0.510 e. The van der Waals surface area contributed by atoms with Gasteiger partial charge in [-0.25, -0.2) is 4.98 Å². The normalized spacial score (nSPS) is 16.9. The molecule has 0 spiro atoms. The standard InChI is InChI=1S/C44H43N3O2.Pt/c1-25-18-29(47-38-16-15-28(43(4,5)6)21-35(38)32-13-11-17-45-41(32)47)22-30(19-25)48-39-24-33(26(2)20-27(39)3)42-46-37-23-34-31(40(37)49-42)12-10-14-36(34)44(7,8)9;/h10-21,37,40H,23H2,1-9H3;/q-2;+2/t37-,40+;/m1./s1. The van der Waals surface area contributed by atoms with Gasteiger partial charge in [0.1, 0.15) is 17.6 Å². The molecule has 2 atom stereocenters. The molecule has 3 heterocycles. The molecule has 1 aliphatic heterocycles. The van der Waals surface area contributed by atoms with Crippen LogP contribution in [0.25, 0.3) is 27.6 Å². The summed E-state index contributed by atoms with van der Waals surface area (Å²) in [6.45, 7) is 19.8. The predicted molar refractivity (Wildman–Crippen MR) is 199 cm³/mol. The maximum atomic E-state index is 6.63. The zero-order valence-corrected chi connectivity index (χ0v) is 32.5. The molecule has 0 unspecified atom stereocenters. The third-order valence-corrected chi connectivity index (χ3v) is 10.1. The molecule has 2 aliphatic rings. The number of aryl methyl sites for hydroxylation is 3. The van der Waals surface area contributed by atoms with E-state index in [-0.39, 0.29) is 44.0 Å². The number of hydrogen-bond acceptors (Lipinski definition) is 4. The van der Waals surface area contributed by atoms with Gasteiger partial charge in [-0.2, -0.15) is 5.56 Å². The fourth-order valence-corrected chi connectivity index (χ4v) is 7.61. The Bertz CT molecular complexity index is 2340. The summed E-state index contributed by atoms with van der Waals surface area (Å²) < 4.78 is 15.4. The van der Waals surface area contributed by atoms with E-state index in [2.05, 4.69) is 134 Å². The first-order valence-corrected chi connectivity index (χ1v) is 17.3. The van der Waals surface area contributed by atoms with Crippen LogP contribution in [-0.4, -0.2) is 21.5 Å². The van der Waals surface area contributed by atoms with Gasteiger partial charge in [0, 0.05) is 28.5 Å². The largest absolute Gasteiger partial charge is 2.00 e. The van der Waals surface area contributed by atoms with Crippen molar-refractivity contribution >= 4 is 27.8 Å². The third kappa shape index (κ3) is 5.78. The number of fused-ring (bicyclic) bond motifs is 6. The zero-order valence-electron chi connectivity index (χ0n) is 30.3. The van der Waals surface area contributed by atoms with Crippen LogP contribution in [0, 0.1) is 32.9 Å². The van der Waals surface area contributed by atoms with E-state index in [1.165, 1.54) is 27.6 Å². The van der Waals surface area contributed by atoms with Gasteiger partial charge in [-0.3, -0.25) is 4.99 Å². The third-order valence-electron chi connectivity index (χ3n) is 10.1. The van der Waals surface area contributed by atoms with Crippen LogP contribution in [-0.2, 0) is 43.1 Å². The minimum atomic E-state index is -0.0715. The molecule has 0 fully saturated rings. The molecule has 4 aromatic carbocycles. The SMILES string of the molecule is Cc1cc(Oc2[c-]c(C3=N[C@@H]4Cc5c(cccc5C(C)(C)C)[C@@H]4O3)c(C)cc2C)[c-]c(-n2c3ccc(C(C)(C)C)cc3c3cccnc32)c1.[Pt+2]. The second-order valence-electron chi connectivity index (χ2n) is 15.9. The van der Waals surface area contributed by atoms with Crippen LogP contribution in [0.15, 0.2) is 77.9 Å². The van der Waals surface area contributed by atoms with Crippen molar-refractivity contribution in [1.29, 1.82) is 0 Å². The van der Waals surface area contributed by atoms with E-state index in [9.17, 15) is 0 Å². The summed E-state index contributed by atoms with van der Waals surface area (Å²) in [5.74, 6) is 1.91. The predicted octanol–water partition coefficient (Wildman–Crippen LogP) is 10.5. The molecule has 1 aliphatic carbocycles. The zero-order chi connectivity index (χ0) is 34.4. The summed E-state index contributed by atoms with van der Waals surface area (Å²) in [6, 6.07) is 31.0. The molecule has 5 nitrogen and oxygen atoms in total. The number of rotatable bonds is 4. The van der Waals surface area contributed by atoms with E-state index in [0.717, 1.165) is 50.9 Å². The summed E-state index contributed by atoms with van der Waals surface area (Å²) in [7, 11) is 0. The van der Waals surface area contributed by atoms with E-state index < -0.39 is 0 Å². The maximum absolute atomic E-state index is 6.63. The van der Waals surface area contributed by atoms with Gasteiger partial charge in [-0.15, -0.1) is 29.8 Å². The average Bonchev–Trinajstić information content (AvgIpc) is 3.70. The molecule has 0 radical (unpaired) electrons. The maximum Gasteiger partial charge on any atom is 2.00 e. The number of pyridine rings is 1. The Morgan fingerprint density at radius 2 is 1.64 bits per heavy atom. The smallest absolute Gasteiger partial charge is 0.510 e. The van der Waals surface area contributed by atoms with E-state index in [1.807, 2.05) is 18.3 Å². The van der Waals surface area contributed by atoms with Crippen LogP contribution < -0.4 is 4.74 Å². The summed E-state index contributed by atoms with van der Waals surface area (Å²) in [6.07, 6.45) is 2.67. The summed E-state index contributed by atoms with van der Waals surface area (Å²) >= 11 is 0. The fraction of sp³-hybridized carbons (Fsp3) is 0.318. The van der Waals surface area contributed by atoms with Crippen molar-refractivity contribution in [3.63, 3.8) is 0 Å². The molecule has 0 amide bonds. The Morgan fingerprint density at radius 3 is 2.40 bits per heavy atom. The molecular weight excluding hydrogens is 798 g/mol. The number of benzene rings is 4. The van der Waals surface area contributed by atoms with Crippen molar-refractivity contribution in [2.24, 2.45) is 4.99 Å². The molecule has 6 heteroatoms. The van der Waals surface area contributed by atoms with Gasteiger partial charge in [0.25, 0.3) is 0 Å². The van der Waals surface area contributed by atoms with Gasteiger partial charge in [-0.1, -0.05) is 109 Å². The van der Waals surface area contributed by atoms with Gasteiger partial charge in [0.05, 0.1) is 11.6 Å². The molecule has 0 N–H and O–H groups in total. The number of aromatic nitrogens is 2. The second-order valence-corrected chi connectivity index (χ2v) is 15.9. The van der Waals surface area contributed by atoms with E-state index in [4.69, 9.17) is 19.5 Å². The minimum absolute atomic E-state index is 0. The molecule has 0 saturated heterocycles. The molecule has 0 saturated carbocycles. The first kappa shape index (κ1) is 34.2.